The number of hydrogen-bond donors (Lipinski definition) is 2. The minimum absolute atomic E-state index is 0.0473. The summed E-state index contributed by atoms with van der Waals surface area (Å²) in [6.07, 6.45) is 4.22. The van der Waals surface area contributed by atoms with Crippen molar-refractivity contribution in [3.8, 4) is 5.75 Å². The number of aryl methyl sites for hydroxylation is 1. The van der Waals surface area contributed by atoms with Gasteiger partial charge in [0.15, 0.2) is 5.82 Å². The summed E-state index contributed by atoms with van der Waals surface area (Å²) in [4.78, 5) is 15.6. The van der Waals surface area contributed by atoms with Gasteiger partial charge in [-0.15, -0.1) is 10.2 Å². The average Bonchev–Trinajstić information content (AvgIpc) is 2.75. The van der Waals surface area contributed by atoms with Gasteiger partial charge in [0.2, 0.25) is 0 Å². The SMILES string of the molecule is CC(NC(=O)c1cncc(O)c1)c1nncn1C. The van der Waals surface area contributed by atoms with Crippen molar-refractivity contribution >= 4 is 5.91 Å². The van der Waals surface area contributed by atoms with Gasteiger partial charge in [0, 0.05) is 13.2 Å². The summed E-state index contributed by atoms with van der Waals surface area (Å²) in [7, 11) is 1.80. The Morgan fingerprint density at radius 1 is 1.50 bits per heavy atom. The number of pyridine rings is 1. The third-order valence-corrected chi connectivity index (χ3v) is 2.47. The summed E-state index contributed by atoms with van der Waals surface area (Å²) in [5.74, 6) is 0.277. The molecule has 1 amide bonds. The first kappa shape index (κ1) is 12.0. The van der Waals surface area contributed by atoms with Crippen LogP contribution in [0.15, 0.2) is 24.8 Å². The van der Waals surface area contributed by atoms with E-state index in [0.29, 0.717) is 11.4 Å². The monoisotopic (exact) mass is 247 g/mol. The minimum Gasteiger partial charge on any atom is -0.506 e. The van der Waals surface area contributed by atoms with E-state index in [2.05, 4.69) is 20.5 Å². The molecule has 0 saturated heterocycles. The largest absolute Gasteiger partial charge is 0.506 e. The van der Waals surface area contributed by atoms with Crippen LogP contribution in [0.4, 0.5) is 0 Å². The molecule has 7 heteroatoms. The number of aromatic nitrogens is 4. The Hall–Kier alpha value is -2.44. The van der Waals surface area contributed by atoms with Gasteiger partial charge in [0.05, 0.1) is 17.8 Å². The molecule has 0 aliphatic carbocycles. The summed E-state index contributed by atoms with van der Waals surface area (Å²) >= 11 is 0. The van der Waals surface area contributed by atoms with Crippen LogP contribution in [0.5, 0.6) is 5.75 Å². The van der Waals surface area contributed by atoms with Crippen molar-refractivity contribution < 1.29 is 9.90 Å². The van der Waals surface area contributed by atoms with E-state index in [1.54, 1.807) is 24.9 Å². The Balaban J connectivity index is 2.10. The van der Waals surface area contributed by atoms with Gasteiger partial charge in [0.1, 0.15) is 12.1 Å². The van der Waals surface area contributed by atoms with E-state index in [0.717, 1.165) is 0 Å². The van der Waals surface area contributed by atoms with Gasteiger partial charge in [-0.3, -0.25) is 9.78 Å². The topological polar surface area (TPSA) is 92.9 Å². The van der Waals surface area contributed by atoms with Crippen LogP contribution in [0.3, 0.4) is 0 Å². The van der Waals surface area contributed by atoms with Gasteiger partial charge >= 0.3 is 0 Å². The Morgan fingerprint density at radius 2 is 2.28 bits per heavy atom. The number of carbonyl (C=O) groups excluding carboxylic acids is 1. The molecule has 0 saturated carbocycles. The fraction of sp³-hybridized carbons (Fsp3) is 0.273. The Labute approximate surface area is 104 Å². The molecule has 0 aliphatic rings. The van der Waals surface area contributed by atoms with Crippen molar-refractivity contribution in [2.45, 2.75) is 13.0 Å². The number of aromatic hydroxyl groups is 1. The molecule has 0 aromatic carbocycles. The number of nitrogens with one attached hydrogen (secondary N) is 1. The smallest absolute Gasteiger partial charge is 0.253 e. The zero-order chi connectivity index (χ0) is 13.1. The van der Waals surface area contributed by atoms with E-state index in [4.69, 9.17) is 0 Å². The second kappa shape index (κ2) is 4.82. The standard InChI is InChI=1S/C11H13N5O2/c1-7(10-15-13-6-16(10)2)14-11(18)8-3-9(17)5-12-4-8/h3-7,17H,1-2H3,(H,14,18). The van der Waals surface area contributed by atoms with Crippen LogP contribution in [-0.2, 0) is 7.05 Å². The van der Waals surface area contributed by atoms with Crippen LogP contribution in [-0.4, -0.2) is 30.8 Å². The maximum absolute atomic E-state index is 11.9. The van der Waals surface area contributed by atoms with Crippen LogP contribution < -0.4 is 5.32 Å². The third kappa shape index (κ3) is 2.45. The van der Waals surface area contributed by atoms with Crippen molar-refractivity contribution in [1.29, 1.82) is 0 Å². The number of carbonyl (C=O) groups is 1. The lowest BCUT2D eigenvalue weighted by Crippen LogP contribution is -2.28. The molecular weight excluding hydrogens is 234 g/mol. The highest BCUT2D eigenvalue weighted by Crippen LogP contribution is 2.11. The quantitative estimate of drug-likeness (QED) is 0.819. The maximum Gasteiger partial charge on any atom is 0.253 e. The zero-order valence-electron chi connectivity index (χ0n) is 10.0. The summed E-state index contributed by atoms with van der Waals surface area (Å²) in [6, 6.07) is 1.07. The van der Waals surface area contributed by atoms with E-state index < -0.39 is 0 Å². The summed E-state index contributed by atoms with van der Waals surface area (Å²) < 4.78 is 1.73. The molecule has 2 heterocycles. The predicted octanol–water partition coefficient (Wildman–Crippen LogP) is 0.407. The van der Waals surface area contributed by atoms with Crippen LogP contribution in [0, 0.1) is 0 Å². The van der Waals surface area contributed by atoms with Crippen LogP contribution in [0.2, 0.25) is 0 Å². The first-order valence-corrected chi connectivity index (χ1v) is 5.36. The van der Waals surface area contributed by atoms with Gasteiger partial charge in [-0.2, -0.15) is 0 Å². The molecule has 2 rings (SSSR count). The fourth-order valence-electron chi connectivity index (χ4n) is 1.58. The summed E-state index contributed by atoms with van der Waals surface area (Å²) in [5, 5.41) is 19.7. The van der Waals surface area contributed by atoms with Crippen molar-refractivity contribution in [1.82, 2.24) is 25.1 Å². The Morgan fingerprint density at radius 3 is 2.89 bits per heavy atom. The molecule has 7 nitrogen and oxygen atoms in total. The second-order valence-electron chi connectivity index (χ2n) is 3.93. The lowest BCUT2D eigenvalue weighted by atomic mass is 10.2. The molecular formula is C11H13N5O2. The number of hydrogen-bond acceptors (Lipinski definition) is 5. The van der Waals surface area contributed by atoms with Gasteiger partial charge in [-0.05, 0) is 13.0 Å². The van der Waals surface area contributed by atoms with Crippen LogP contribution in [0.1, 0.15) is 29.1 Å². The van der Waals surface area contributed by atoms with Crippen molar-refractivity contribution in [2.75, 3.05) is 0 Å². The maximum atomic E-state index is 11.9. The molecule has 0 bridgehead atoms. The van der Waals surface area contributed by atoms with Crippen LogP contribution >= 0.6 is 0 Å². The number of rotatable bonds is 3. The summed E-state index contributed by atoms with van der Waals surface area (Å²) in [6.45, 7) is 1.80. The lowest BCUT2D eigenvalue weighted by molar-refractivity contribution is 0.0937. The van der Waals surface area contributed by atoms with E-state index >= 15 is 0 Å². The Kier molecular flexibility index (Phi) is 3.22. The predicted molar refractivity (Wildman–Crippen MR) is 62.8 cm³/mol. The Bertz CT molecular complexity index is 566. The highest BCUT2D eigenvalue weighted by atomic mass is 16.3. The van der Waals surface area contributed by atoms with Crippen molar-refractivity contribution in [3.63, 3.8) is 0 Å². The number of amides is 1. The van der Waals surface area contributed by atoms with Gasteiger partial charge in [-0.1, -0.05) is 0 Å². The normalized spacial score (nSPS) is 12.1. The minimum atomic E-state index is -0.325. The molecule has 94 valence electrons. The molecule has 2 aromatic heterocycles. The average molecular weight is 247 g/mol. The lowest BCUT2D eigenvalue weighted by Gasteiger charge is -2.12. The van der Waals surface area contributed by atoms with Gasteiger partial charge < -0.3 is 15.0 Å². The molecule has 2 N–H and O–H groups in total. The van der Waals surface area contributed by atoms with E-state index in [1.165, 1.54) is 18.5 Å². The zero-order valence-corrected chi connectivity index (χ0v) is 10.0. The van der Waals surface area contributed by atoms with Gasteiger partial charge in [0.25, 0.3) is 5.91 Å². The fourth-order valence-corrected chi connectivity index (χ4v) is 1.58. The van der Waals surface area contributed by atoms with Gasteiger partial charge in [-0.25, -0.2) is 0 Å². The van der Waals surface area contributed by atoms with Crippen molar-refractivity contribution in [2.24, 2.45) is 7.05 Å². The highest BCUT2D eigenvalue weighted by molar-refractivity contribution is 5.94. The molecule has 0 radical (unpaired) electrons. The second-order valence-corrected chi connectivity index (χ2v) is 3.93. The van der Waals surface area contributed by atoms with E-state index in [9.17, 15) is 9.90 Å². The molecule has 2 aromatic rings. The molecule has 1 unspecified atom stereocenters. The first-order chi connectivity index (χ1) is 8.58. The molecule has 0 spiro atoms. The summed E-state index contributed by atoms with van der Waals surface area (Å²) in [5.41, 5.74) is 0.295. The van der Waals surface area contributed by atoms with E-state index in [-0.39, 0.29) is 17.7 Å². The van der Waals surface area contributed by atoms with Crippen molar-refractivity contribution in [3.05, 3.63) is 36.2 Å². The first-order valence-electron chi connectivity index (χ1n) is 5.36. The van der Waals surface area contributed by atoms with E-state index in [1.807, 2.05) is 0 Å². The molecule has 18 heavy (non-hydrogen) atoms. The molecule has 0 fully saturated rings. The van der Waals surface area contributed by atoms with Crippen LogP contribution in [0.25, 0.3) is 0 Å². The third-order valence-electron chi connectivity index (χ3n) is 2.47. The number of nitrogens with zero attached hydrogens (tertiary/aromatic N) is 4. The highest BCUT2D eigenvalue weighted by Gasteiger charge is 2.15. The molecule has 0 aliphatic heterocycles. The molecule has 1 atom stereocenters.